The van der Waals surface area contributed by atoms with Crippen molar-refractivity contribution >= 4 is 50.7 Å². The summed E-state index contributed by atoms with van der Waals surface area (Å²) in [5, 5.41) is 3.82. The number of carbonyl (C=O) groups is 2. The van der Waals surface area contributed by atoms with Crippen LogP contribution < -0.4 is 14.4 Å². The van der Waals surface area contributed by atoms with Crippen LogP contribution in [0.25, 0.3) is 0 Å². The van der Waals surface area contributed by atoms with Gasteiger partial charge in [-0.15, -0.1) is 0 Å². The van der Waals surface area contributed by atoms with Gasteiger partial charge in [0.25, 0.3) is 10.0 Å². The fraction of sp³-hybridized carbons (Fsp3) is 0.316. The molecular weight excluding hydrogens is 681 g/mol. The van der Waals surface area contributed by atoms with Crippen molar-refractivity contribution in [1.82, 2.24) is 10.2 Å². The number of hydrogen-bond donors (Lipinski definition) is 1. The molecule has 0 spiro atoms. The second kappa shape index (κ2) is 16.1. The number of benzene rings is 4. The molecule has 0 radical (unpaired) electrons. The van der Waals surface area contributed by atoms with Gasteiger partial charge in [-0.1, -0.05) is 96.2 Å². The third-order valence-corrected chi connectivity index (χ3v) is 11.3. The van der Waals surface area contributed by atoms with E-state index in [4.69, 9.17) is 27.9 Å². The molecule has 258 valence electrons. The number of sulfonamides is 1. The molecule has 1 aliphatic rings. The van der Waals surface area contributed by atoms with E-state index < -0.39 is 28.5 Å². The Hall–Kier alpha value is -4.05. The van der Waals surface area contributed by atoms with Crippen LogP contribution in [-0.4, -0.2) is 50.9 Å². The second-order valence-corrected chi connectivity index (χ2v) is 15.1. The summed E-state index contributed by atoms with van der Waals surface area (Å²) in [7, 11) is -2.86. The summed E-state index contributed by atoms with van der Waals surface area (Å²) in [5.41, 5.74) is 3.13. The van der Waals surface area contributed by atoms with Gasteiger partial charge in [-0.25, -0.2) is 8.42 Å². The topological polar surface area (TPSA) is 96.0 Å². The molecule has 0 saturated heterocycles. The molecule has 0 aromatic heterocycles. The lowest BCUT2D eigenvalue weighted by atomic mass is 10.0. The van der Waals surface area contributed by atoms with E-state index in [1.165, 1.54) is 24.1 Å². The molecule has 2 amide bonds. The van der Waals surface area contributed by atoms with Crippen LogP contribution in [0.3, 0.4) is 0 Å². The fourth-order valence-corrected chi connectivity index (χ4v) is 8.05. The van der Waals surface area contributed by atoms with Gasteiger partial charge in [0.05, 0.1) is 17.7 Å². The van der Waals surface area contributed by atoms with Crippen LogP contribution in [0.15, 0.2) is 95.9 Å². The van der Waals surface area contributed by atoms with E-state index in [-0.39, 0.29) is 41.2 Å². The minimum absolute atomic E-state index is 0.00923. The number of carbonyl (C=O) groups excluding carboxylic acids is 2. The molecule has 1 aliphatic carbocycles. The Morgan fingerprint density at radius 1 is 0.878 bits per heavy atom. The van der Waals surface area contributed by atoms with E-state index >= 15 is 0 Å². The van der Waals surface area contributed by atoms with Gasteiger partial charge in [0.1, 0.15) is 18.3 Å². The standard InChI is InChI=1S/C38H41Cl2N3O5S/c1-26-16-19-30(20-17-26)49(46,47)43(34-22-27(2)18-21-36(34)48-3)25-37(44)42(24-31-32(39)14-9-15-33(31)40)35(23-28-10-5-4-6-11-28)38(45)41-29-12-7-8-13-29/h4-6,9-11,14-22,29,35H,7-8,12-13,23-25H2,1-3H3,(H,41,45). The molecule has 0 aliphatic heterocycles. The molecule has 8 nitrogen and oxygen atoms in total. The van der Waals surface area contributed by atoms with Crippen molar-refractivity contribution in [2.45, 2.75) is 69.5 Å². The minimum atomic E-state index is -4.31. The van der Waals surface area contributed by atoms with Crippen molar-refractivity contribution in [3.8, 4) is 5.75 Å². The Balaban J connectivity index is 1.63. The van der Waals surface area contributed by atoms with Crippen molar-refractivity contribution in [3.63, 3.8) is 0 Å². The van der Waals surface area contributed by atoms with E-state index in [0.29, 0.717) is 15.6 Å². The van der Waals surface area contributed by atoms with E-state index in [1.807, 2.05) is 44.2 Å². The zero-order valence-electron chi connectivity index (χ0n) is 27.9. The molecule has 1 N–H and O–H groups in total. The molecule has 49 heavy (non-hydrogen) atoms. The van der Waals surface area contributed by atoms with Crippen LogP contribution in [-0.2, 0) is 32.6 Å². The number of ether oxygens (including phenoxy) is 1. The predicted molar refractivity (Wildman–Crippen MR) is 195 cm³/mol. The summed E-state index contributed by atoms with van der Waals surface area (Å²) >= 11 is 13.3. The van der Waals surface area contributed by atoms with E-state index in [9.17, 15) is 18.0 Å². The Labute approximate surface area is 299 Å². The fourth-order valence-electron chi connectivity index (χ4n) is 6.12. The normalized spacial score (nSPS) is 13.9. The second-order valence-electron chi connectivity index (χ2n) is 12.4. The number of anilines is 1. The van der Waals surface area contributed by atoms with E-state index in [2.05, 4.69) is 5.32 Å². The molecule has 1 saturated carbocycles. The van der Waals surface area contributed by atoms with Crippen LogP contribution in [0, 0.1) is 13.8 Å². The number of aryl methyl sites for hydroxylation is 2. The maximum atomic E-state index is 14.9. The van der Waals surface area contributed by atoms with Gasteiger partial charge < -0.3 is 15.0 Å². The molecule has 0 bridgehead atoms. The largest absolute Gasteiger partial charge is 0.495 e. The Bertz CT molecular complexity index is 1860. The first-order valence-corrected chi connectivity index (χ1v) is 18.5. The van der Waals surface area contributed by atoms with Gasteiger partial charge in [0.15, 0.2) is 0 Å². The van der Waals surface area contributed by atoms with Crippen molar-refractivity contribution in [3.05, 3.63) is 123 Å². The average Bonchev–Trinajstić information content (AvgIpc) is 3.60. The SMILES string of the molecule is COc1ccc(C)cc1N(CC(=O)N(Cc1c(Cl)cccc1Cl)C(Cc1ccccc1)C(=O)NC1CCCC1)S(=O)(=O)c1ccc(C)cc1. The van der Waals surface area contributed by atoms with E-state index in [1.54, 1.807) is 48.5 Å². The molecule has 1 unspecified atom stereocenters. The van der Waals surface area contributed by atoms with Crippen molar-refractivity contribution in [2.75, 3.05) is 18.0 Å². The van der Waals surface area contributed by atoms with Crippen LogP contribution in [0.5, 0.6) is 5.75 Å². The lowest BCUT2D eigenvalue weighted by Gasteiger charge is -2.35. The number of hydrogen-bond acceptors (Lipinski definition) is 5. The maximum Gasteiger partial charge on any atom is 0.264 e. The zero-order chi connectivity index (χ0) is 35.1. The van der Waals surface area contributed by atoms with Crippen LogP contribution in [0.1, 0.15) is 47.9 Å². The van der Waals surface area contributed by atoms with Crippen LogP contribution in [0.2, 0.25) is 10.0 Å². The summed E-state index contributed by atoms with van der Waals surface area (Å²) in [5.74, 6) is -0.666. The van der Waals surface area contributed by atoms with Gasteiger partial charge in [-0.3, -0.25) is 13.9 Å². The van der Waals surface area contributed by atoms with Crippen molar-refractivity contribution in [1.29, 1.82) is 0 Å². The lowest BCUT2D eigenvalue weighted by Crippen LogP contribution is -2.54. The average molecular weight is 723 g/mol. The zero-order valence-corrected chi connectivity index (χ0v) is 30.2. The molecule has 1 fully saturated rings. The highest BCUT2D eigenvalue weighted by atomic mass is 35.5. The minimum Gasteiger partial charge on any atom is -0.495 e. The first-order valence-electron chi connectivity index (χ1n) is 16.3. The summed E-state index contributed by atoms with van der Waals surface area (Å²) in [6.07, 6.45) is 3.91. The number of nitrogens with one attached hydrogen (secondary N) is 1. The number of methoxy groups -OCH3 is 1. The van der Waals surface area contributed by atoms with Crippen LogP contribution in [0.4, 0.5) is 5.69 Å². The highest BCUT2D eigenvalue weighted by Crippen LogP contribution is 2.34. The lowest BCUT2D eigenvalue weighted by molar-refractivity contribution is -0.140. The molecule has 4 aromatic rings. The maximum absolute atomic E-state index is 14.9. The monoisotopic (exact) mass is 721 g/mol. The molecule has 0 heterocycles. The number of amides is 2. The Morgan fingerprint density at radius 2 is 1.51 bits per heavy atom. The van der Waals surface area contributed by atoms with Crippen molar-refractivity contribution < 1.29 is 22.7 Å². The summed E-state index contributed by atoms with van der Waals surface area (Å²) < 4.78 is 35.6. The highest BCUT2D eigenvalue weighted by Gasteiger charge is 2.37. The first kappa shape index (κ1) is 36.2. The van der Waals surface area contributed by atoms with Crippen LogP contribution >= 0.6 is 23.2 Å². The quantitative estimate of drug-likeness (QED) is 0.154. The molecule has 5 rings (SSSR count). The summed E-state index contributed by atoms with van der Waals surface area (Å²) in [4.78, 5) is 30.5. The first-order chi connectivity index (χ1) is 23.5. The molecular formula is C38H41Cl2N3O5S. The smallest absolute Gasteiger partial charge is 0.264 e. The number of halogens is 2. The van der Waals surface area contributed by atoms with Gasteiger partial charge in [-0.05, 0) is 74.2 Å². The number of nitrogens with zero attached hydrogens (tertiary/aromatic N) is 2. The Morgan fingerprint density at radius 3 is 2.14 bits per heavy atom. The number of rotatable bonds is 13. The summed E-state index contributed by atoms with van der Waals surface area (Å²) in [6, 6.07) is 25.0. The van der Waals surface area contributed by atoms with Gasteiger partial charge in [-0.2, -0.15) is 0 Å². The van der Waals surface area contributed by atoms with Crippen molar-refractivity contribution in [2.24, 2.45) is 0 Å². The molecule has 1 atom stereocenters. The highest BCUT2D eigenvalue weighted by molar-refractivity contribution is 7.92. The summed E-state index contributed by atoms with van der Waals surface area (Å²) in [6.45, 7) is 2.94. The molecule has 4 aromatic carbocycles. The van der Waals surface area contributed by atoms with Gasteiger partial charge in [0, 0.05) is 34.6 Å². The third kappa shape index (κ3) is 8.76. The predicted octanol–water partition coefficient (Wildman–Crippen LogP) is 7.51. The van der Waals surface area contributed by atoms with E-state index in [0.717, 1.165) is 46.7 Å². The van der Waals surface area contributed by atoms with Gasteiger partial charge >= 0.3 is 0 Å². The third-order valence-electron chi connectivity index (χ3n) is 8.85. The van der Waals surface area contributed by atoms with Gasteiger partial charge in [0.2, 0.25) is 11.8 Å². The molecule has 11 heteroatoms. The Kier molecular flexibility index (Phi) is 11.9.